The van der Waals surface area contributed by atoms with Crippen molar-refractivity contribution < 1.29 is 14.3 Å². The molecule has 0 bridgehead atoms. The molecule has 0 radical (unpaired) electrons. The molecule has 2 rings (SSSR count). The Kier molecular flexibility index (Phi) is 7.50. The van der Waals surface area contributed by atoms with Gasteiger partial charge in [0.25, 0.3) is 5.91 Å². The summed E-state index contributed by atoms with van der Waals surface area (Å²) in [6, 6.07) is 17.4. The van der Waals surface area contributed by atoms with E-state index in [2.05, 4.69) is 17.8 Å². The van der Waals surface area contributed by atoms with Crippen molar-refractivity contribution in [1.29, 1.82) is 0 Å². The number of unbranched alkanes of at least 4 members (excludes halogenated alkanes) is 2. The van der Waals surface area contributed by atoms with Crippen molar-refractivity contribution >= 4 is 11.8 Å². The average molecular weight is 340 g/mol. The van der Waals surface area contributed by atoms with Gasteiger partial charge in [0.2, 0.25) is 5.91 Å². The minimum atomic E-state index is -0.397. The van der Waals surface area contributed by atoms with Crippen LogP contribution in [0, 0.1) is 0 Å². The van der Waals surface area contributed by atoms with Crippen LogP contribution in [0.15, 0.2) is 54.6 Å². The number of ether oxygens (including phenoxy) is 1. The van der Waals surface area contributed by atoms with Crippen molar-refractivity contribution in [3.63, 3.8) is 0 Å². The fourth-order valence-electron chi connectivity index (χ4n) is 2.37. The van der Waals surface area contributed by atoms with Gasteiger partial charge in [0.05, 0.1) is 0 Å². The van der Waals surface area contributed by atoms with Gasteiger partial charge in [0.1, 0.15) is 5.75 Å². The Hall–Kier alpha value is -2.82. The van der Waals surface area contributed by atoms with Crippen molar-refractivity contribution in [2.75, 3.05) is 6.61 Å². The molecule has 132 valence electrons. The van der Waals surface area contributed by atoms with E-state index in [4.69, 9.17) is 4.74 Å². The Labute approximate surface area is 148 Å². The molecule has 0 heterocycles. The summed E-state index contributed by atoms with van der Waals surface area (Å²) in [5.74, 6) is 0.0383. The molecular weight excluding hydrogens is 316 g/mol. The van der Waals surface area contributed by atoms with E-state index < -0.39 is 5.91 Å². The van der Waals surface area contributed by atoms with E-state index in [9.17, 15) is 9.59 Å². The van der Waals surface area contributed by atoms with Gasteiger partial charge in [-0.2, -0.15) is 0 Å². The fraction of sp³-hybridized carbons (Fsp3) is 0.300. The van der Waals surface area contributed by atoms with Gasteiger partial charge in [-0.05, 0) is 18.1 Å². The molecule has 0 atom stereocenters. The number of nitrogens with one attached hydrogen (secondary N) is 2. The molecular formula is C20H24N2O3. The first-order valence-electron chi connectivity index (χ1n) is 8.55. The zero-order valence-electron chi connectivity index (χ0n) is 14.5. The van der Waals surface area contributed by atoms with Crippen molar-refractivity contribution in [2.45, 2.75) is 32.6 Å². The van der Waals surface area contributed by atoms with Gasteiger partial charge in [-0.15, -0.1) is 0 Å². The number of para-hydroxylation sites is 1. The third-order valence-electron chi connectivity index (χ3n) is 3.68. The minimum Gasteiger partial charge on any atom is -0.483 e. The number of hydrazine groups is 1. The molecule has 2 amide bonds. The highest BCUT2D eigenvalue weighted by molar-refractivity contribution is 5.83. The van der Waals surface area contributed by atoms with Crippen LogP contribution in [0.5, 0.6) is 5.75 Å². The monoisotopic (exact) mass is 340 g/mol. The first-order valence-corrected chi connectivity index (χ1v) is 8.55. The van der Waals surface area contributed by atoms with E-state index in [0.29, 0.717) is 12.2 Å². The summed E-state index contributed by atoms with van der Waals surface area (Å²) in [6.45, 7) is 1.91. The highest BCUT2D eigenvalue weighted by Crippen LogP contribution is 2.29. The molecule has 0 saturated heterocycles. The van der Waals surface area contributed by atoms with Crippen LogP contribution >= 0.6 is 0 Å². The Balaban J connectivity index is 1.83. The van der Waals surface area contributed by atoms with Crippen LogP contribution in [0.3, 0.4) is 0 Å². The minimum absolute atomic E-state index is 0.168. The van der Waals surface area contributed by atoms with E-state index in [1.54, 1.807) is 0 Å². The lowest BCUT2D eigenvalue weighted by Crippen LogP contribution is -2.43. The summed E-state index contributed by atoms with van der Waals surface area (Å²) >= 11 is 0. The van der Waals surface area contributed by atoms with Crippen LogP contribution in [0.2, 0.25) is 0 Å². The van der Waals surface area contributed by atoms with Crippen LogP contribution in [-0.2, 0) is 9.59 Å². The maximum atomic E-state index is 11.8. The quantitative estimate of drug-likeness (QED) is 0.571. The second-order valence-electron chi connectivity index (χ2n) is 5.70. The van der Waals surface area contributed by atoms with E-state index in [1.807, 2.05) is 54.6 Å². The maximum absolute atomic E-state index is 11.8. The Morgan fingerprint density at radius 3 is 2.32 bits per heavy atom. The van der Waals surface area contributed by atoms with Crippen LogP contribution in [0.25, 0.3) is 11.1 Å². The molecule has 0 aliphatic heterocycles. The smallest absolute Gasteiger partial charge is 0.276 e. The molecule has 0 unspecified atom stereocenters. The zero-order chi connectivity index (χ0) is 17.9. The molecule has 2 aromatic rings. The molecule has 25 heavy (non-hydrogen) atoms. The molecule has 0 fully saturated rings. The number of carbonyl (C=O) groups is 2. The number of benzene rings is 2. The summed E-state index contributed by atoms with van der Waals surface area (Å²) in [7, 11) is 0. The highest BCUT2D eigenvalue weighted by atomic mass is 16.5. The van der Waals surface area contributed by atoms with Crippen molar-refractivity contribution in [1.82, 2.24) is 10.9 Å². The lowest BCUT2D eigenvalue weighted by atomic mass is 10.1. The van der Waals surface area contributed by atoms with E-state index in [0.717, 1.165) is 30.4 Å². The number of hydrogen-bond acceptors (Lipinski definition) is 3. The van der Waals surface area contributed by atoms with Gasteiger partial charge < -0.3 is 4.74 Å². The van der Waals surface area contributed by atoms with Crippen LogP contribution in [0.4, 0.5) is 0 Å². The second kappa shape index (κ2) is 10.1. The fourth-order valence-corrected chi connectivity index (χ4v) is 2.37. The first kappa shape index (κ1) is 18.5. The van der Waals surface area contributed by atoms with Gasteiger partial charge in [0.15, 0.2) is 6.61 Å². The van der Waals surface area contributed by atoms with Crippen LogP contribution < -0.4 is 15.6 Å². The summed E-state index contributed by atoms with van der Waals surface area (Å²) in [5.41, 5.74) is 6.71. The van der Waals surface area contributed by atoms with E-state index in [1.165, 1.54) is 0 Å². The average Bonchev–Trinajstić information content (AvgIpc) is 2.66. The first-order chi connectivity index (χ1) is 12.2. The van der Waals surface area contributed by atoms with Crippen molar-refractivity contribution in [3.8, 4) is 16.9 Å². The van der Waals surface area contributed by atoms with Gasteiger partial charge in [-0.25, -0.2) is 0 Å². The number of hydrogen-bond donors (Lipinski definition) is 2. The molecule has 0 saturated carbocycles. The number of rotatable bonds is 8. The summed E-state index contributed by atoms with van der Waals surface area (Å²) in [4.78, 5) is 23.4. The lowest BCUT2D eigenvalue weighted by molar-refractivity contribution is -0.130. The van der Waals surface area contributed by atoms with Gasteiger partial charge in [0, 0.05) is 12.0 Å². The van der Waals surface area contributed by atoms with Crippen LogP contribution in [-0.4, -0.2) is 18.4 Å². The van der Waals surface area contributed by atoms with Gasteiger partial charge >= 0.3 is 0 Å². The molecule has 0 aliphatic rings. The molecule has 0 aromatic heterocycles. The molecule has 5 heteroatoms. The Morgan fingerprint density at radius 2 is 1.56 bits per heavy atom. The summed E-state index contributed by atoms with van der Waals surface area (Å²) < 4.78 is 5.62. The molecule has 0 spiro atoms. The number of carbonyl (C=O) groups excluding carboxylic acids is 2. The van der Waals surface area contributed by atoms with Gasteiger partial charge in [-0.3, -0.25) is 20.4 Å². The Bertz CT molecular complexity index is 686. The second-order valence-corrected chi connectivity index (χ2v) is 5.70. The molecule has 2 aromatic carbocycles. The van der Waals surface area contributed by atoms with Crippen LogP contribution in [0.1, 0.15) is 32.6 Å². The summed E-state index contributed by atoms with van der Waals surface area (Å²) in [6.07, 6.45) is 3.28. The highest BCUT2D eigenvalue weighted by Gasteiger charge is 2.09. The topological polar surface area (TPSA) is 67.4 Å². The summed E-state index contributed by atoms with van der Waals surface area (Å²) in [5, 5.41) is 0. The Morgan fingerprint density at radius 1 is 0.880 bits per heavy atom. The van der Waals surface area contributed by atoms with Crippen molar-refractivity contribution in [2.24, 2.45) is 0 Å². The third-order valence-corrected chi connectivity index (χ3v) is 3.68. The maximum Gasteiger partial charge on any atom is 0.276 e. The standard InChI is InChI=1S/C20H24N2O3/c1-2-3-5-14-19(23)21-22-20(24)15-25-18-13-9-8-12-17(18)16-10-6-4-7-11-16/h4,6-13H,2-3,5,14-15H2,1H3,(H,21,23)(H,22,24). The molecule has 2 N–H and O–H groups in total. The van der Waals surface area contributed by atoms with E-state index >= 15 is 0 Å². The lowest BCUT2D eigenvalue weighted by Gasteiger charge is -2.12. The molecule has 0 aliphatic carbocycles. The SMILES string of the molecule is CCCCCC(=O)NNC(=O)COc1ccccc1-c1ccccc1. The van der Waals surface area contributed by atoms with E-state index in [-0.39, 0.29) is 12.5 Å². The normalized spacial score (nSPS) is 10.1. The third kappa shape index (κ3) is 6.30. The largest absolute Gasteiger partial charge is 0.483 e. The molecule has 5 nitrogen and oxygen atoms in total. The zero-order valence-corrected chi connectivity index (χ0v) is 14.5. The predicted molar refractivity (Wildman–Crippen MR) is 97.8 cm³/mol. The van der Waals surface area contributed by atoms with Gasteiger partial charge in [-0.1, -0.05) is 68.3 Å². The number of amides is 2. The van der Waals surface area contributed by atoms with Crippen molar-refractivity contribution in [3.05, 3.63) is 54.6 Å². The predicted octanol–water partition coefficient (Wildman–Crippen LogP) is 3.46.